The van der Waals surface area contributed by atoms with Gasteiger partial charge in [-0.3, -0.25) is 14.6 Å². The molecule has 0 saturated carbocycles. The number of halogens is 6. The zero-order chi connectivity index (χ0) is 50.0. The number of hydrogen-bond acceptors (Lipinski definition) is 9. The van der Waals surface area contributed by atoms with Crippen molar-refractivity contribution >= 4 is 34.8 Å². The van der Waals surface area contributed by atoms with E-state index in [9.17, 15) is 35.9 Å². The first kappa shape index (κ1) is 52.1. The topological polar surface area (TPSA) is 121 Å². The molecule has 11 nitrogen and oxygen atoms in total. The Morgan fingerprint density at radius 1 is 0.667 bits per heavy atom. The summed E-state index contributed by atoms with van der Waals surface area (Å²) in [6.07, 6.45) is 1.77. The number of thiazole rings is 1. The molecule has 2 amide bonds. The van der Waals surface area contributed by atoms with E-state index in [0.717, 1.165) is 83.0 Å². The monoisotopic (exact) mass is 975 g/mol. The molecule has 4 atom stereocenters. The lowest BCUT2D eigenvalue weighted by Gasteiger charge is -2.40. The van der Waals surface area contributed by atoms with Crippen LogP contribution in [0.2, 0.25) is 0 Å². The summed E-state index contributed by atoms with van der Waals surface area (Å²) in [5.41, 5.74) is 5.97. The van der Waals surface area contributed by atoms with Gasteiger partial charge in [0.25, 0.3) is 11.8 Å². The number of aryl methyl sites for hydroxylation is 3. The first-order valence-corrected chi connectivity index (χ1v) is 24.0. The summed E-state index contributed by atoms with van der Waals surface area (Å²) in [5, 5.41) is 6.27. The van der Waals surface area contributed by atoms with Crippen LogP contribution in [0, 0.1) is 25.7 Å². The Morgan fingerprint density at radius 2 is 1.14 bits per heavy atom. The van der Waals surface area contributed by atoms with Crippen molar-refractivity contribution in [1.82, 2.24) is 34.3 Å². The summed E-state index contributed by atoms with van der Waals surface area (Å²) in [6.45, 7) is 14.2. The number of anilines is 2. The minimum atomic E-state index is -4.42. The highest BCUT2D eigenvalue weighted by Gasteiger charge is 2.36. The molecule has 2 saturated heterocycles. The molecule has 69 heavy (non-hydrogen) atoms. The smallest absolute Gasteiger partial charge is 0.368 e. The summed E-state index contributed by atoms with van der Waals surface area (Å²) in [7, 11) is 1.89. The van der Waals surface area contributed by atoms with Crippen LogP contribution in [-0.4, -0.2) is 84.4 Å². The number of aromatic nitrogens is 5. The molecule has 6 heterocycles. The second-order valence-corrected chi connectivity index (χ2v) is 18.2. The fourth-order valence-electron chi connectivity index (χ4n) is 8.76. The summed E-state index contributed by atoms with van der Waals surface area (Å²) in [4.78, 5) is 48.4. The van der Waals surface area contributed by atoms with E-state index in [2.05, 4.69) is 44.4 Å². The first-order chi connectivity index (χ1) is 32.9. The number of benzene rings is 2. The maximum atomic E-state index is 13.8. The van der Waals surface area contributed by atoms with Gasteiger partial charge < -0.3 is 25.0 Å². The van der Waals surface area contributed by atoms with Gasteiger partial charge in [-0.2, -0.15) is 26.3 Å². The number of alkyl halides is 6. The molecule has 2 aliphatic heterocycles. The second-order valence-electron chi connectivity index (χ2n) is 17.3. The Kier molecular flexibility index (Phi) is 17.3. The van der Waals surface area contributed by atoms with E-state index < -0.39 is 23.5 Å². The van der Waals surface area contributed by atoms with Crippen LogP contribution in [0.4, 0.5) is 38.0 Å². The average Bonchev–Trinajstić information content (AvgIpc) is 4.03. The number of carbonyl (C=O) groups excluding carboxylic acids is 2. The number of hydrogen-bond donors (Lipinski definition) is 2. The lowest BCUT2D eigenvalue weighted by molar-refractivity contribution is -0.138. The largest absolute Gasteiger partial charge is 0.417 e. The molecule has 0 aliphatic carbocycles. The van der Waals surface area contributed by atoms with Crippen LogP contribution in [0.5, 0.6) is 0 Å². The number of amides is 2. The van der Waals surface area contributed by atoms with Crippen LogP contribution in [-0.2, 0) is 19.4 Å². The lowest BCUT2D eigenvalue weighted by Crippen LogP contribution is -2.51. The van der Waals surface area contributed by atoms with Crippen molar-refractivity contribution in [3.63, 3.8) is 0 Å². The molecule has 0 bridgehead atoms. The average molecular weight is 976 g/mol. The van der Waals surface area contributed by atoms with Gasteiger partial charge in [0.1, 0.15) is 11.6 Å². The fourth-order valence-corrected chi connectivity index (χ4v) is 9.42. The zero-order valence-corrected chi connectivity index (χ0v) is 40.6. The van der Waals surface area contributed by atoms with Crippen molar-refractivity contribution in [3.8, 4) is 21.7 Å². The van der Waals surface area contributed by atoms with Crippen LogP contribution in [0.3, 0.4) is 0 Å². The van der Waals surface area contributed by atoms with Gasteiger partial charge in [-0.05, 0) is 87.8 Å². The molecule has 8 rings (SSSR count). The van der Waals surface area contributed by atoms with E-state index in [1.807, 2.05) is 85.5 Å². The van der Waals surface area contributed by atoms with Crippen molar-refractivity contribution < 1.29 is 35.9 Å². The fraction of sp³-hybridized carbons (Fsp3) is 0.412. The van der Waals surface area contributed by atoms with Crippen LogP contribution < -0.4 is 10.6 Å². The van der Waals surface area contributed by atoms with E-state index in [1.165, 1.54) is 23.5 Å². The van der Waals surface area contributed by atoms with E-state index in [-0.39, 0.29) is 35.7 Å². The third-order valence-corrected chi connectivity index (χ3v) is 13.3. The number of nitrogens with one attached hydrogen (secondary N) is 2. The summed E-state index contributed by atoms with van der Waals surface area (Å²) >= 11 is 1.49. The summed E-state index contributed by atoms with van der Waals surface area (Å²) in [5.74, 6) is 1.07. The molecular formula is C51H59F6N9O2S. The highest BCUT2D eigenvalue weighted by atomic mass is 32.1. The Bertz CT molecular complexity index is 2620. The Hall–Kier alpha value is -6.30. The molecule has 2 fully saturated rings. The van der Waals surface area contributed by atoms with Gasteiger partial charge in [0, 0.05) is 74.1 Å². The molecule has 2 N–H and O–H groups in total. The predicted octanol–water partition coefficient (Wildman–Crippen LogP) is 12.1. The molecule has 6 aromatic rings. The van der Waals surface area contributed by atoms with Gasteiger partial charge in [0.15, 0.2) is 0 Å². The highest BCUT2D eigenvalue weighted by Crippen LogP contribution is 2.34. The Morgan fingerprint density at radius 3 is 1.55 bits per heavy atom. The number of nitrogens with zero attached hydrogens (tertiary/aromatic N) is 7. The molecular weight excluding hydrogens is 917 g/mol. The van der Waals surface area contributed by atoms with Crippen molar-refractivity contribution in [2.45, 2.75) is 91.7 Å². The maximum absolute atomic E-state index is 13.8. The van der Waals surface area contributed by atoms with Crippen LogP contribution in [0.25, 0.3) is 21.7 Å². The molecule has 2 aliphatic rings. The minimum absolute atomic E-state index is 0.0409. The quantitative estimate of drug-likeness (QED) is 0.130. The zero-order valence-electron chi connectivity index (χ0n) is 39.8. The maximum Gasteiger partial charge on any atom is 0.417 e. The number of pyridine rings is 2. The highest BCUT2D eigenvalue weighted by molar-refractivity contribution is 7.13. The number of rotatable bonds is 10. The van der Waals surface area contributed by atoms with Crippen molar-refractivity contribution in [1.29, 1.82) is 0 Å². The third kappa shape index (κ3) is 12.9. The van der Waals surface area contributed by atoms with Crippen molar-refractivity contribution in [2.75, 3.05) is 36.8 Å². The lowest BCUT2D eigenvalue weighted by atomic mass is 9.89. The summed E-state index contributed by atoms with van der Waals surface area (Å²) < 4.78 is 78.8. The van der Waals surface area contributed by atoms with E-state index in [0.29, 0.717) is 48.9 Å². The van der Waals surface area contributed by atoms with Gasteiger partial charge in [-0.25, -0.2) is 15.0 Å². The van der Waals surface area contributed by atoms with Crippen LogP contribution >= 0.6 is 11.3 Å². The van der Waals surface area contributed by atoms with E-state index in [4.69, 9.17) is 0 Å². The predicted molar refractivity (Wildman–Crippen MR) is 259 cm³/mol. The number of imidazole rings is 1. The van der Waals surface area contributed by atoms with E-state index >= 15 is 0 Å². The normalized spacial score (nSPS) is 18.3. The number of piperidine rings is 2. The minimum Gasteiger partial charge on any atom is -0.368 e. The van der Waals surface area contributed by atoms with Crippen LogP contribution in [0.15, 0.2) is 97.3 Å². The third-order valence-electron chi connectivity index (χ3n) is 12.5. The first-order valence-electron chi connectivity index (χ1n) is 23.1. The number of carbonyl (C=O) groups is 2. The van der Waals surface area contributed by atoms with Crippen LogP contribution in [0.1, 0.15) is 96.3 Å². The van der Waals surface area contributed by atoms with Gasteiger partial charge in [0.05, 0.1) is 51.8 Å². The summed E-state index contributed by atoms with van der Waals surface area (Å²) in [6, 6.07) is 16.1. The van der Waals surface area contributed by atoms with Crippen molar-refractivity contribution in [3.05, 3.63) is 131 Å². The van der Waals surface area contributed by atoms with E-state index in [1.54, 1.807) is 24.2 Å². The molecule has 2 aromatic carbocycles. The molecule has 18 heteroatoms. The second kappa shape index (κ2) is 22.9. The molecule has 0 unspecified atom stereocenters. The molecule has 0 spiro atoms. The van der Waals surface area contributed by atoms with Gasteiger partial charge in [-0.1, -0.05) is 63.1 Å². The Balaban J connectivity index is 0.000000219. The van der Waals surface area contributed by atoms with Gasteiger partial charge >= 0.3 is 12.4 Å². The number of likely N-dealkylation sites (tertiary alicyclic amines) is 2. The standard InChI is InChI=1S/C25H28F3N5O.C24H25F3N4OS.C2H6/c1-16-6-8-19(22-13-29-15-32(22)3)20(11-16)24(34)33-10-4-5-17(2)21(33)14-31-23-9-7-18(12-30-23)25(26,27)28;1-15-5-7-18(21-13-28-14-33-21)19(10-15)23(32)31-9-3-4-16(2)20(31)12-30-22-8-6-17(11-29-22)24(25,26)27;1-2/h6-9,11-13,15,17,21H,4-5,10,14H2,1-3H3,(H,30,31);5-8,10-11,13-14,16,20H,3-4,9,12H2,1-2H3,(H,29,30);1-2H3/t17-,21-;16-,20-;/m11./s1. The molecule has 4 aromatic heterocycles. The Labute approximate surface area is 403 Å². The molecule has 368 valence electrons. The SMILES string of the molecule is CC.Cc1ccc(-c2cncn2C)c(C(=O)N2CCC[C@@H](C)[C@H]2CNc2ccc(C(F)(F)F)cn2)c1.Cc1ccc(-c2cncs2)c(C(=O)N2CCC[C@@H](C)[C@H]2CNc2ccc(C(F)(F)F)cn2)c1. The van der Waals surface area contributed by atoms with Crippen molar-refractivity contribution in [2.24, 2.45) is 18.9 Å². The van der Waals surface area contributed by atoms with Gasteiger partial charge in [0.2, 0.25) is 0 Å². The van der Waals surface area contributed by atoms with Gasteiger partial charge in [-0.15, -0.1) is 11.3 Å². The molecule has 0 radical (unpaired) electrons.